The van der Waals surface area contributed by atoms with Gasteiger partial charge in [0.2, 0.25) is 5.91 Å². The van der Waals surface area contributed by atoms with Gasteiger partial charge in [-0.25, -0.2) is 9.78 Å². The molecule has 174 valence electrons. The van der Waals surface area contributed by atoms with Crippen LogP contribution in [0.5, 0.6) is 5.75 Å². The molecular formula is C24H27N3O4S2. The Morgan fingerprint density at radius 2 is 1.85 bits per heavy atom. The van der Waals surface area contributed by atoms with Gasteiger partial charge in [-0.3, -0.25) is 4.79 Å². The smallest absolute Gasteiger partial charge is 0.329 e. The zero-order chi connectivity index (χ0) is 23.6. The van der Waals surface area contributed by atoms with Crippen LogP contribution in [-0.4, -0.2) is 51.6 Å². The maximum absolute atomic E-state index is 12.5. The van der Waals surface area contributed by atoms with Gasteiger partial charge in [-0.05, 0) is 30.2 Å². The highest BCUT2D eigenvalue weighted by Gasteiger charge is 2.22. The summed E-state index contributed by atoms with van der Waals surface area (Å²) < 4.78 is 4.85. The number of esters is 1. The minimum Gasteiger partial charge on any atom is -0.508 e. The summed E-state index contributed by atoms with van der Waals surface area (Å²) in [5.74, 6) is 0.804. The third-order valence-electron chi connectivity index (χ3n) is 4.83. The summed E-state index contributed by atoms with van der Waals surface area (Å²) in [6.45, 7) is 1.93. The van der Waals surface area contributed by atoms with Crippen LogP contribution in [0.4, 0.5) is 0 Å². The third-order valence-corrected chi connectivity index (χ3v) is 6.81. The molecule has 0 aliphatic carbocycles. The van der Waals surface area contributed by atoms with Crippen LogP contribution < -0.4 is 5.32 Å². The Hall–Kier alpha value is -2.91. The lowest BCUT2D eigenvalue weighted by Crippen LogP contribution is -2.44. The van der Waals surface area contributed by atoms with Crippen LogP contribution in [0.15, 0.2) is 59.8 Å². The summed E-state index contributed by atoms with van der Waals surface area (Å²) in [7, 11) is 1.32. The number of nitrogens with one attached hydrogen (secondary N) is 2. The van der Waals surface area contributed by atoms with Crippen molar-refractivity contribution in [2.24, 2.45) is 0 Å². The number of rotatable bonds is 11. The van der Waals surface area contributed by atoms with Crippen molar-refractivity contribution in [2.75, 3.05) is 18.6 Å². The maximum Gasteiger partial charge on any atom is 0.329 e. The van der Waals surface area contributed by atoms with Gasteiger partial charge < -0.3 is 20.1 Å². The number of aromatic nitrogens is 2. The Kier molecular flexibility index (Phi) is 9.26. The Bertz CT molecular complexity index is 1060. The van der Waals surface area contributed by atoms with Crippen LogP contribution in [0, 0.1) is 6.92 Å². The van der Waals surface area contributed by atoms with E-state index < -0.39 is 12.0 Å². The van der Waals surface area contributed by atoms with Crippen LogP contribution >= 0.6 is 23.5 Å². The Labute approximate surface area is 201 Å². The van der Waals surface area contributed by atoms with Crippen molar-refractivity contribution in [3.63, 3.8) is 0 Å². The quantitative estimate of drug-likeness (QED) is 0.281. The second-order valence-electron chi connectivity index (χ2n) is 7.39. The summed E-state index contributed by atoms with van der Waals surface area (Å²) in [5.41, 5.74) is 4.00. The first-order valence-electron chi connectivity index (χ1n) is 10.4. The molecule has 0 aliphatic rings. The minimum absolute atomic E-state index is 0.127. The van der Waals surface area contributed by atoms with Crippen molar-refractivity contribution in [3.05, 3.63) is 77.1 Å². The average Bonchev–Trinajstić information content (AvgIpc) is 3.17. The molecular weight excluding hydrogens is 458 g/mol. The molecule has 0 unspecified atom stereocenters. The van der Waals surface area contributed by atoms with E-state index in [-0.39, 0.29) is 17.4 Å². The number of carbonyl (C=O) groups excluding carboxylic acids is 2. The van der Waals surface area contributed by atoms with Crippen molar-refractivity contribution in [1.82, 2.24) is 15.3 Å². The fraction of sp³-hybridized carbons (Fsp3) is 0.292. The van der Waals surface area contributed by atoms with Gasteiger partial charge in [-0.2, -0.15) is 11.8 Å². The van der Waals surface area contributed by atoms with E-state index in [1.54, 1.807) is 23.9 Å². The van der Waals surface area contributed by atoms with Crippen molar-refractivity contribution >= 4 is 35.4 Å². The number of amides is 1. The molecule has 0 bridgehead atoms. The van der Waals surface area contributed by atoms with Gasteiger partial charge in [0.05, 0.1) is 18.6 Å². The number of nitrogens with zero attached hydrogens (tertiary/aromatic N) is 1. The van der Waals surface area contributed by atoms with E-state index in [0.29, 0.717) is 17.3 Å². The molecule has 1 aromatic heterocycles. The zero-order valence-electron chi connectivity index (χ0n) is 18.5. The molecule has 0 spiro atoms. The van der Waals surface area contributed by atoms with E-state index in [1.807, 2.05) is 49.4 Å². The number of thioether (sulfide) groups is 2. The van der Waals surface area contributed by atoms with Gasteiger partial charge in [0.15, 0.2) is 5.16 Å². The molecule has 9 heteroatoms. The van der Waals surface area contributed by atoms with E-state index in [9.17, 15) is 14.7 Å². The molecule has 7 nitrogen and oxygen atoms in total. The number of carbonyl (C=O) groups is 2. The highest BCUT2D eigenvalue weighted by molar-refractivity contribution is 7.99. The molecule has 0 saturated heterocycles. The number of ether oxygens (including phenoxy) is 1. The molecule has 0 fully saturated rings. The number of hydrogen-bond acceptors (Lipinski definition) is 7. The zero-order valence-corrected chi connectivity index (χ0v) is 20.2. The standard InChI is InChI=1S/C24H27N3O4S2/c1-16-20(12-17-8-10-19(28)11-9-17)27-24(25-16)33-15-22(29)26-21(23(30)31-2)14-32-13-18-6-4-3-5-7-18/h3-11,21,28H,12-15H2,1-2H3,(H,25,27)(H,26,29)/t21-/m1/s1. The molecule has 1 atom stereocenters. The summed E-state index contributed by atoms with van der Waals surface area (Å²) in [6, 6.07) is 16.2. The lowest BCUT2D eigenvalue weighted by Gasteiger charge is -2.16. The number of aromatic amines is 1. The van der Waals surface area contributed by atoms with E-state index in [2.05, 4.69) is 15.3 Å². The fourth-order valence-corrected chi connectivity index (χ4v) is 4.82. The lowest BCUT2D eigenvalue weighted by atomic mass is 10.1. The predicted octanol–water partition coefficient (Wildman–Crippen LogP) is 3.70. The molecule has 3 rings (SSSR count). The summed E-state index contributed by atoms with van der Waals surface area (Å²) in [6.07, 6.45) is 0.623. The molecule has 1 heterocycles. The van der Waals surface area contributed by atoms with Crippen LogP contribution in [0.3, 0.4) is 0 Å². The van der Waals surface area contributed by atoms with E-state index >= 15 is 0 Å². The SMILES string of the molecule is COC(=O)[C@@H](CSCc1ccccc1)NC(=O)CSc1nc(Cc2ccc(O)cc2)c(C)[nH]1. The molecule has 2 aromatic carbocycles. The molecule has 1 amide bonds. The fourth-order valence-electron chi connectivity index (χ4n) is 3.06. The number of phenolic OH excluding ortho intramolecular Hbond substituents is 1. The van der Waals surface area contributed by atoms with Gasteiger partial charge in [0.1, 0.15) is 11.8 Å². The van der Waals surface area contributed by atoms with Crippen LogP contribution in [0.2, 0.25) is 0 Å². The molecule has 3 N–H and O–H groups in total. The Balaban J connectivity index is 1.49. The Morgan fingerprint density at radius 1 is 1.12 bits per heavy atom. The number of benzene rings is 2. The minimum atomic E-state index is -0.708. The van der Waals surface area contributed by atoms with E-state index in [1.165, 1.54) is 18.9 Å². The highest BCUT2D eigenvalue weighted by atomic mass is 32.2. The van der Waals surface area contributed by atoms with Crippen molar-refractivity contribution < 1.29 is 19.4 Å². The number of phenols is 1. The first-order chi connectivity index (χ1) is 15.9. The van der Waals surface area contributed by atoms with Gasteiger partial charge in [-0.15, -0.1) is 0 Å². The number of H-pyrrole nitrogens is 1. The van der Waals surface area contributed by atoms with Gasteiger partial charge >= 0.3 is 5.97 Å². The van der Waals surface area contributed by atoms with E-state index in [4.69, 9.17) is 4.74 Å². The molecule has 3 aromatic rings. The third kappa shape index (κ3) is 7.87. The predicted molar refractivity (Wildman–Crippen MR) is 132 cm³/mol. The number of methoxy groups -OCH3 is 1. The van der Waals surface area contributed by atoms with Gasteiger partial charge in [-0.1, -0.05) is 54.2 Å². The Morgan fingerprint density at radius 3 is 2.55 bits per heavy atom. The summed E-state index contributed by atoms with van der Waals surface area (Å²) in [4.78, 5) is 32.4. The van der Waals surface area contributed by atoms with Crippen molar-refractivity contribution in [1.29, 1.82) is 0 Å². The second kappa shape index (κ2) is 12.4. The number of imidazole rings is 1. The molecule has 33 heavy (non-hydrogen) atoms. The first-order valence-corrected chi connectivity index (χ1v) is 12.5. The second-order valence-corrected chi connectivity index (χ2v) is 9.38. The molecule has 0 aliphatic heterocycles. The monoisotopic (exact) mass is 485 g/mol. The summed E-state index contributed by atoms with van der Waals surface area (Å²) >= 11 is 2.85. The van der Waals surface area contributed by atoms with Crippen LogP contribution in [0.1, 0.15) is 22.5 Å². The molecule has 0 radical (unpaired) electrons. The topological polar surface area (TPSA) is 104 Å². The van der Waals surface area contributed by atoms with Crippen molar-refractivity contribution in [2.45, 2.75) is 30.3 Å². The van der Waals surface area contributed by atoms with Gasteiger partial charge in [0, 0.05) is 23.6 Å². The first kappa shape index (κ1) is 24.7. The number of hydrogen-bond donors (Lipinski definition) is 3. The average molecular weight is 486 g/mol. The van der Waals surface area contributed by atoms with E-state index in [0.717, 1.165) is 28.3 Å². The normalized spacial score (nSPS) is 11.7. The highest BCUT2D eigenvalue weighted by Crippen LogP contribution is 2.20. The van der Waals surface area contributed by atoms with Crippen LogP contribution in [0.25, 0.3) is 0 Å². The lowest BCUT2D eigenvalue weighted by molar-refractivity contribution is -0.144. The van der Waals surface area contributed by atoms with Crippen LogP contribution in [-0.2, 0) is 26.5 Å². The molecule has 0 saturated carbocycles. The number of aromatic hydroxyl groups is 1. The maximum atomic E-state index is 12.5. The summed E-state index contributed by atoms with van der Waals surface area (Å²) in [5, 5.41) is 12.8. The largest absolute Gasteiger partial charge is 0.508 e. The van der Waals surface area contributed by atoms with Crippen molar-refractivity contribution in [3.8, 4) is 5.75 Å². The number of aryl methyl sites for hydroxylation is 1. The van der Waals surface area contributed by atoms with Gasteiger partial charge in [0.25, 0.3) is 0 Å².